The number of aryl methyl sites for hydroxylation is 1. The number of carbonyl (C=O) groups excluding carboxylic acids is 1. The lowest BCUT2D eigenvalue weighted by Crippen LogP contribution is -2.27. The highest BCUT2D eigenvalue weighted by molar-refractivity contribution is 14.1. The highest BCUT2D eigenvalue weighted by atomic mass is 127. The second kappa shape index (κ2) is 11.2. The van der Waals surface area contributed by atoms with Gasteiger partial charge in [0.15, 0.2) is 15.8 Å². The molecular formula is C26H22INO3S3. The maximum Gasteiger partial charge on any atom is 0.270 e. The monoisotopic (exact) mass is 619 g/mol. The minimum Gasteiger partial charge on any atom is -0.493 e. The molecule has 1 amide bonds. The first-order valence-corrected chi connectivity index (χ1v) is 13.9. The molecule has 1 fully saturated rings. The Morgan fingerprint density at radius 2 is 1.91 bits per heavy atom. The number of carbonyl (C=O) groups is 1. The number of hydrogen-bond acceptors (Lipinski definition) is 6. The SMILES string of the molecule is COc1cc(/C=C2\SC(=S)N(c3cccc(SC)c3)C2=O)cc(I)c1OCc1ccc(C)cc1. The van der Waals surface area contributed by atoms with Crippen molar-refractivity contribution in [3.8, 4) is 11.5 Å². The fraction of sp³-hybridized carbons (Fsp3) is 0.154. The standard InChI is InChI=1S/C26H22INO3S3/c1-16-7-9-17(10-8-16)15-31-24-21(27)11-18(12-22(24)30-2)13-23-25(29)28(26(32)34-23)19-5-4-6-20(14-19)33-3/h4-14H,15H2,1-3H3/b23-13-. The average molecular weight is 620 g/mol. The molecule has 174 valence electrons. The van der Waals surface area contributed by atoms with Gasteiger partial charge in [-0.1, -0.05) is 59.9 Å². The van der Waals surface area contributed by atoms with Crippen LogP contribution in [0.25, 0.3) is 6.08 Å². The van der Waals surface area contributed by atoms with Crippen LogP contribution in [0.15, 0.2) is 70.5 Å². The van der Waals surface area contributed by atoms with Crippen molar-refractivity contribution in [1.29, 1.82) is 0 Å². The smallest absolute Gasteiger partial charge is 0.270 e. The van der Waals surface area contributed by atoms with Gasteiger partial charge in [-0.2, -0.15) is 0 Å². The second-order valence-corrected chi connectivity index (χ2v) is 11.2. The normalized spacial score (nSPS) is 14.7. The summed E-state index contributed by atoms with van der Waals surface area (Å²) in [5.41, 5.74) is 3.93. The summed E-state index contributed by atoms with van der Waals surface area (Å²) in [5, 5.41) is 0. The zero-order valence-electron chi connectivity index (χ0n) is 18.8. The Kier molecular flexibility index (Phi) is 8.23. The summed E-state index contributed by atoms with van der Waals surface area (Å²) in [7, 11) is 1.62. The van der Waals surface area contributed by atoms with E-state index in [0.29, 0.717) is 27.3 Å². The maximum absolute atomic E-state index is 13.2. The number of nitrogens with zero attached hydrogens (tertiary/aromatic N) is 1. The fourth-order valence-corrected chi connectivity index (χ4v) is 5.93. The summed E-state index contributed by atoms with van der Waals surface area (Å²) in [6, 6.07) is 19.9. The molecule has 0 bridgehead atoms. The number of methoxy groups -OCH3 is 1. The van der Waals surface area contributed by atoms with Crippen molar-refractivity contribution < 1.29 is 14.3 Å². The van der Waals surface area contributed by atoms with Crippen LogP contribution in [0.1, 0.15) is 16.7 Å². The quantitative estimate of drug-likeness (QED) is 0.120. The minimum atomic E-state index is -0.123. The van der Waals surface area contributed by atoms with Gasteiger partial charge in [0, 0.05) is 4.90 Å². The van der Waals surface area contributed by atoms with Crippen LogP contribution in [0, 0.1) is 10.5 Å². The fourth-order valence-electron chi connectivity index (χ4n) is 3.39. The van der Waals surface area contributed by atoms with Crippen LogP contribution in [-0.4, -0.2) is 23.6 Å². The van der Waals surface area contributed by atoms with Gasteiger partial charge >= 0.3 is 0 Å². The number of amides is 1. The number of thiocarbonyl (C=S) groups is 1. The molecule has 1 saturated heterocycles. The van der Waals surface area contributed by atoms with Gasteiger partial charge in [-0.25, -0.2) is 0 Å². The van der Waals surface area contributed by atoms with Crippen molar-refractivity contribution in [3.63, 3.8) is 0 Å². The summed E-state index contributed by atoms with van der Waals surface area (Å²) in [6.07, 6.45) is 3.86. The van der Waals surface area contributed by atoms with Crippen LogP contribution in [0.3, 0.4) is 0 Å². The second-order valence-electron chi connectivity index (χ2n) is 7.53. The van der Waals surface area contributed by atoms with Crippen LogP contribution in [0.2, 0.25) is 0 Å². The summed E-state index contributed by atoms with van der Waals surface area (Å²) < 4.78 is 13.1. The van der Waals surface area contributed by atoms with Gasteiger partial charge < -0.3 is 9.47 Å². The number of thioether (sulfide) groups is 2. The molecule has 0 unspecified atom stereocenters. The van der Waals surface area contributed by atoms with Gasteiger partial charge in [0.2, 0.25) is 0 Å². The third-order valence-electron chi connectivity index (χ3n) is 5.16. The Balaban J connectivity index is 1.57. The largest absolute Gasteiger partial charge is 0.493 e. The van der Waals surface area contributed by atoms with Crippen molar-refractivity contribution in [3.05, 3.63) is 85.8 Å². The van der Waals surface area contributed by atoms with Crippen LogP contribution in [-0.2, 0) is 11.4 Å². The Morgan fingerprint density at radius 1 is 1.15 bits per heavy atom. The third-order valence-corrected chi connectivity index (χ3v) is 7.99. The third kappa shape index (κ3) is 5.62. The van der Waals surface area contributed by atoms with Crippen LogP contribution >= 0.6 is 58.3 Å². The van der Waals surface area contributed by atoms with Gasteiger partial charge in [0.1, 0.15) is 6.61 Å². The van der Waals surface area contributed by atoms with E-state index in [2.05, 4.69) is 53.8 Å². The molecule has 0 N–H and O–H groups in total. The summed E-state index contributed by atoms with van der Waals surface area (Å²) >= 11 is 10.7. The summed E-state index contributed by atoms with van der Waals surface area (Å²) in [6.45, 7) is 2.50. The maximum atomic E-state index is 13.2. The zero-order chi connectivity index (χ0) is 24.2. The lowest BCUT2D eigenvalue weighted by molar-refractivity contribution is -0.113. The van der Waals surface area contributed by atoms with Crippen molar-refractivity contribution in [2.45, 2.75) is 18.4 Å². The molecule has 0 atom stereocenters. The van der Waals surface area contributed by atoms with Gasteiger partial charge in [-0.05, 0) is 83.3 Å². The molecule has 34 heavy (non-hydrogen) atoms. The van der Waals surface area contributed by atoms with E-state index in [4.69, 9.17) is 21.7 Å². The molecule has 1 aliphatic heterocycles. The molecule has 0 aromatic heterocycles. The predicted octanol–water partition coefficient (Wildman–Crippen LogP) is 7.31. The van der Waals surface area contributed by atoms with E-state index in [1.165, 1.54) is 17.3 Å². The van der Waals surface area contributed by atoms with Crippen molar-refractivity contribution >= 4 is 80.3 Å². The van der Waals surface area contributed by atoms with E-state index in [-0.39, 0.29) is 5.91 Å². The number of hydrogen-bond donors (Lipinski definition) is 0. The molecule has 4 nitrogen and oxygen atoms in total. The van der Waals surface area contributed by atoms with Gasteiger partial charge in [0.25, 0.3) is 5.91 Å². The van der Waals surface area contributed by atoms with Crippen LogP contribution < -0.4 is 14.4 Å². The molecule has 0 radical (unpaired) electrons. The van der Waals surface area contributed by atoms with E-state index in [1.54, 1.807) is 23.8 Å². The van der Waals surface area contributed by atoms with E-state index in [9.17, 15) is 4.79 Å². The molecule has 1 heterocycles. The number of halogens is 1. The van der Waals surface area contributed by atoms with E-state index >= 15 is 0 Å². The zero-order valence-corrected chi connectivity index (χ0v) is 23.4. The Bertz CT molecular complexity index is 1270. The predicted molar refractivity (Wildman–Crippen MR) is 155 cm³/mol. The molecule has 3 aromatic rings. The summed E-state index contributed by atoms with van der Waals surface area (Å²) in [5.74, 6) is 1.18. The molecular weight excluding hydrogens is 597 g/mol. The lowest BCUT2D eigenvalue weighted by Gasteiger charge is -2.15. The molecule has 0 spiro atoms. The van der Waals surface area contributed by atoms with Crippen LogP contribution in [0.5, 0.6) is 11.5 Å². The minimum absolute atomic E-state index is 0.123. The molecule has 8 heteroatoms. The Labute approximate surface area is 227 Å². The first-order chi connectivity index (χ1) is 16.4. The first kappa shape index (κ1) is 25.1. The highest BCUT2D eigenvalue weighted by Gasteiger charge is 2.33. The Hall–Kier alpha value is -2.01. The molecule has 4 rings (SSSR count). The number of benzene rings is 3. The first-order valence-electron chi connectivity index (χ1n) is 10.4. The topological polar surface area (TPSA) is 38.8 Å². The number of ether oxygens (including phenoxy) is 2. The lowest BCUT2D eigenvalue weighted by atomic mass is 10.1. The van der Waals surface area contributed by atoms with Crippen LogP contribution in [0.4, 0.5) is 5.69 Å². The number of rotatable bonds is 7. The average Bonchev–Trinajstić information content (AvgIpc) is 3.11. The molecule has 3 aromatic carbocycles. The van der Waals surface area contributed by atoms with E-state index in [1.807, 2.05) is 48.7 Å². The van der Waals surface area contributed by atoms with Crippen molar-refractivity contribution in [2.75, 3.05) is 18.3 Å². The summed E-state index contributed by atoms with van der Waals surface area (Å²) in [4.78, 5) is 16.4. The van der Waals surface area contributed by atoms with E-state index in [0.717, 1.165) is 25.3 Å². The highest BCUT2D eigenvalue weighted by Crippen LogP contribution is 2.39. The molecule has 0 aliphatic carbocycles. The molecule has 0 saturated carbocycles. The van der Waals surface area contributed by atoms with Crippen molar-refractivity contribution in [1.82, 2.24) is 0 Å². The molecule has 1 aliphatic rings. The Morgan fingerprint density at radius 3 is 2.62 bits per heavy atom. The van der Waals surface area contributed by atoms with Gasteiger partial charge in [-0.3, -0.25) is 9.69 Å². The number of anilines is 1. The van der Waals surface area contributed by atoms with Crippen molar-refractivity contribution in [2.24, 2.45) is 0 Å². The van der Waals surface area contributed by atoms with E-state index < -0.39 is 0 Å². The van der Waals surface area contributed by atoms with Gasteiger partial charge in [-0.15, -0.1) is 11.8 Å². The van der Waals surface area contributed by atoms with Gasteiger partial charge in [0.05, 0.1) is 21.3 Å².